The molecule has 1 aromatic rings. The van der Waals surface area contributed by atoms with Gasteiger partial charge in [0, 0.05) is 24.5 Å². The van der Waals surface area contributed by atoms with Crippen molar-refractivity contribution in [2.45, 2.75) is 30.8 Å². The summed E-state index contributed by atoms with van der Waals surface area (Å²) in [6.07, 6.45) is 3.17. The summed E-state index contributed by atoms with van der Waals surface area (Å²) in [5.74, 6) is -1.70. The lowest BCUT2D eigenvalue weighted by atomic mass is 9.75. The van der Waals surface area contributed by atoms with Crippen molar-refractivity contribution in [3.05, 3.63) is 35.4 Å². The first-order valence-electron chi connectivity index (χ1n) is 8.02. The molecule has 0 saturated carbocycles. The van der Waals surface area contributed by atoms with Crippen molar-refractivity contribution in [1.82, 2.24) is 9.21 Å². The van der Waals surface area contributed by atoms with E-state index in [1.54, 1.807) is 6.07 Å². The standard InChI is InChI=1S/C16H20F2N2O2S/c1-23(21,22)20-9-12(11-3-2-4-13(17)14(11)18)16-15(20)10-5-7-19(16)8-6-10/h2-4,10,12,15-16H,5-9H2,1H3/t12-,15+,16+/m0/s1. The first-order chi connectivity index (χ1) is 10.9. The summed E-state index contributed by atoms with van der Waals surface area (Å²) < 4.78 is 54.0. The number of halogens is 2. The van der Waals surface area contributed by atoms with Crippen LogP contribution in [0.2, 0.25) is 0 Å². The molecular formula is C16H20F2N2O2S. The Morgan fingerprint density at radius 1 is 1.13 bits per heavy atom. The van der Waals surface area contributed by atoms with Crippen LogP contribution in [0, 0.1) is 17.6 Å². The van der Waals surface area contributed by atoms with Crippen LogP contribution in [0.5, 0.6) is 0 Å². The Morgan fingerprint density at radius 2 is 1.83 bits per heavy atom. The number of hydrogen-bond acceptors (Lipinski definition) is 3. The maximum atomic E-state index is 14.3. The molecule has 0 aromatic heterocycles. The molecule has 4 aliphatic heterocycles. The lowest BCUT2D eigenvalue weighted by Gasteiger charge is -2.50. The summed E-state index contributed by atoms with van der Waals surface area (Å²) >= 11 is 0. The molecule has 4 heterocycles. The molecule has 0 aliphatic carbocycles. The topological polar surface area (TPSA) is 40.6 Å². The number of piperidine rings is 3. The zero-order valence-corrected chi connectivity index (χ0v) is 13.8. The zero-order valence-electron chi connectivity index (χ0n) is 13.0. The maximum Gasteiger partial charge on any atom is 0.211 e. The molecule has 0 unspecified atom stereocenters. The Kier molecular flexibility index (Phi) is 3.52. The van der Waals surface area contributed by atoms with Crippen molar-refractivity contribution >= 4 is 10.0 Å². The second-order valence-electron chi connectivity index (χ2n) is 6.94. The minimum atomic E-state index is -3.37. The average Bonchev–Trinajstić information content (AvgIpc) is 2.94. The first kappa shape index (κ1) is 15.5. The number of benzene rings is 1. The highest BCUT2D eigenvalue weighted by molar-refractivity contribution is 7.88. The van der Waals surface area contributed by atoms with E-state index in [1.165, 1.54) is 16.6 Å². The second-order valence-corrected chi connectivity index (χ2v) is 8.87. The molecule has 0 radical (unpaired) electrons. The van der Waals surface area contributed by atoms with Gasteiger partial charge in [0.2, 0.25) is 10.0 Å². The molecule has 23 heavy (non-hydrogen) atoms. The van der Waals surface area contributed by atoms with E-state index < -0.39 is 21.7 Å². The molecule has 0 spiro atoms. The van der Waals surface area contributed by atoms with Gasteiger partial charge in [-0.25, -0.2) is 17.2 Å². The van der Waals surface area contributed by atoms with Crippen LogP contribution in [-0.4, -0.2) is 55.6 Å². The van der Waals surface area contributed by atoms with Gasteiger partial charge in [0.25, 0.3) is 0 Å². The van der Waals surface area contributed by atoms with Gasteiger partial charge < -0.3 is 0 Å². The Hall–Kier alpha value is -1.05. The van der Waals surface area contributed by atoms with Crippen molar-refractivity contribution in [2.75, 3.05) is 25.9 Å². The average molecular weight is 342 g/mol. The summed E-state index contributed by atoms with van der Waals surface area (Å²) in [7, 11) is -3.37. The van der Waals surface area contributed by atoms with Gasteiger partial charge in [0.05, 0.1) is 6.26 Å². The van der Waals surface area contributed by atoms with Gasteiger partial charge >= 0.3 is 0 Å². The van der Waals surface area contributed by atoms with Crippen LogP contribution in [0.4, 0.5) is 8.78 Å². The van der Waals surface area contributed by atoms with E-state index in [1.807, 2.05) is 0 Å². The van der Waals surface area contributed by atoms with Crippen molar-refractivity contribution < 1.29 is 17.2 Å². The lowest BCUT2D eigenvalue weighted by Crippen LogP contribution is -2.60. The first-order valence-corrected chi connectivity index (χ1v) is 9.87. The van der Waals surface area contributed by atoms with Gasteiger partial charge in [-0.05, 0) is 43.5 Å². The molecule has 7 heteroatoms. The van der Waals surface area contributed by atoms with Crippen molar-refractivity contribution in [3.8, 4) is 0 Å². The molecule has 2 bridgehead atoms. The van der Waals surface area contributed by atoms with Crippen LogP contribution in [0.25, 0.3) is 0 Å². The quantitative estimate of drug-likeness (QED) is 0.823. The maximum absolute atomic E-state index is 14.3. The van der Waals surface area contributed by atoms with Gasteiger partial charge in [0.1, 0.15) is 0 Å². The minimum absolute atomic E-state index is 0.0477. The Labute approximate surface area is 135 Å². The third-order valence-electron chi connectivity index (χ3n) is 5.76. The van der Waals surface area contributed by atoms with E-state index in [0.717, 1.165) is 32.0 Å². The number of rotatable bonds is 2. The Morgan fingerprint density at radius 3 is 2.48 bits per heavy atom. The van der Waals surface area contributed by atoms with Crippen LogP contribution in [0.1, 0.15) is 24.3 Å². The molecule has 4 fully saturated rings. The molecule has 4 nitrogen and oxygen atoms in total. The van der Waals surface area contributed by atoms with E-state index in [4.69, 9.17) is 0 Å². The molecule has 3 atom stereocenters. The summed E-state index contributed by atoms with van der Waals surface area (Å²) in [5, 5.41) is 0. The third kappa shape index (κ3) is 2.32. The molecule has 4 saturated heterocycles. The Balaban J connectivity index is 1.80. The zero-order chi connectivity index (χ0) is 16.4. The van der Waals surface area contributed by atoms with Crippen LogP contribution in [0.3, 0.4) is 0 Å². The van der Waals surface area contributed by atoms with Gasteiger partial charge in [-0.1, -0.05) is 12.1 Å². The molecule has 4 aliphatic rings. The van der Waals surface area contributed by atoms with E-state index in [9.17, 15) is 17.2 Å². The summed E-state index contributed by atoms with van der Waals surface area (Å²) in [4.78, 5) is 2.27. The fourth-order valence-corrected chi connectivity index (χ4v) is 5.99. The van der Waals surface area contributed by atoms with Crippen molar-refractivity contribution in [3.63, 3.8) is 0 Å². The highest BCUT2D eigenvalue weighted by atomic mass is 32.2. The smallest absolute Gasteiger partial charge is 0.211 e. The van der Waals surface area contributed by atoms with E-state index in [0.29, 0.717) is 11.5 Å². The lowest BCUT2D eigenvalue weighted by molar-refractivity contribution is 0.0121. The molecule has 126 valence electrons. The fraction of sp³-hybridized carbons (Fsp3) is 0.625. The van der Waals surface area contributed by atoms with Crippen LogP contribution in [-0.2, 0) is 10.0 Å². The van der Waals surface area contributed by atoms with Crippen molar-refractivity contribution in [2.24, 2.45) is 5.92 Å². The predicted octanol–water partition coefficient (Wildman–Crippen LogP) is 1.79. The molecule has 5 rings (SSSR count). The number of nitrogens with zero attached hydrogens (tertiary/aromatic N) is 2. The fourth-order valence-electron chi connectivity index (χ4n) is 4.82. The number of fused-ring (bicyclic) bond motifs is 2. The molecule has 0 amide bonds. The summed E-state index contributed by atoms with van der Waals surface area (Å²) in [6.45, 7) is 2.06. The normalized spacial score (nSPS) is 37.1. The second kappa shape index (κ2) is 5.22. The number of hydrogen-bond donors (Lipinski definition) is 0. The molecule has 0 N–H and O–H groups in total. The van der Waals surface area contributed by atoms with Crippen LogP contribution in [0.15, 0.2) is 18.2 Å². The SMILES string of the molecule is CS(=O)(=O)N1C[C@@H](c2cccc(F)c2F)[C@@H]2[C@H]1C1CCN2CC1. The van der Waals surface area contributed by atoms with Crippen LogP contribution < -0.4 is 0 Å². The molecular weight excluding hydrogens is 322 g/mol. The highest BCUT2D eigenvalue weighted by Gasteiger charge is 2.56. The third-order valence-corrected chi connectivity index (χ3v) is 7.00. The van der Waals surface area contributed by atoms with Gasteiger partial charge in [0.15, 0.2) is 11.6 Å². The van der Waals surface area contributed by atoms with E-state index >= 15 is 0 Å². The van der Waals surface area contributed by atoms with Gasteiger partial charge in [-0.3, -0.25) is 4.90 Å². The van der Waals surface area contributed by atoms with Gasteiger partial charge in [-0.2, -0.15) is 4.31 Å². The largest absolute Gasteiger partial charge is 0.298 e. The molecule has 1 aromatic carbocycles. The highest BCUT2D eigenvalue weighted by Crippen LogP contribution is 2.47. The van der Waals surface area contributed by atoms with E-state index in [2.05, 4.69) is 4.90 Å². The minimum Gasteiger partial charge on any atom is -0.298 e. The van der Waals surface area contributed by atoms with Crippen LogP contribution >= 0.6 is 0 Å². The summed E-state index contributed by atoms with van der Waals surface area (Å²) in [5.41, 5.74) is 0.304. The Bertz CT molecular complexity index is 732. The van der Waals surface area contributed by atoms with E-state index in [-0.39, 0.29) is 24.5 Å². The number of sulfonamides is 1. The van der Waals surface area contributed by atoms with Crippen molar-refractivity contribution in [1.29, 1.82) is 0 Å². The predicted molar refractivity (Wildman–Crippen MR) is 82.5 cm³/mol. The van der Waals surface area contributed by atoms with Gasteiger partial charge in [-0.15, -0.1) is 0 Å². The summed E-state index contributed by atoms with van der Waals surface area (Å²) in [6, 6.07) is 4.04. The monoisotopic (exact) mass is 342 g/mol.